The quantitative estimate of drug-likeness (QED) is 0.636. The summed E-state index contributed by atoms with van der Waals surface area (Å²) in [5.74, 6) is -0.807. The van der Waals surface area contributed by atoms with Crippen molar-refractivity contribution in [2.75, 3.05) is 26.2 Å². The molecule has 0 aliphatic carbocycles. The zero-order valence-electron chi connectivity index (χ0n) is 17.5. The van der Waals surface area contributed by atoms with Crippen LogP contribution in [0.25, 0.3) is 0 Å². The van der Waals surface area contributed by atoms with Gasteiger partial charge in [-0.05, 0) is 31.9 Å². The minimum absolute atomic E-state index is 0.0261. The Balaban J connectivity index is 0.000000589. The molecule has 9 heteroatoms. The summed E-state index contributed by atoms with van der Waals surface area (Å²) >= 11 is 0. The second-order valence-electron chi connectivity index (χ2n) is 8.29. The highest BCUT2D eigenvalue weighted by molar-refractivity contribution is 5.82. The molecule has 164 valence electrons. The highest BCUT2D eigenvalue weighted by atomic mass is 16.4. The van der Waals surface area contributed by atoms with Crippen molar-refractivity contribution in [2.45, 2.75) is 51.1 Å². The van der Waals surface area contributed by atoms with Crippen LogP contribution < -0.4 is 16.2 Å². The molecular formula is C21H30N4O5. The summed E-state index contributed by atoms with van der Waals surface area (Å²) in [4.78, 5) is 48.5. The summed E-state index contributed by atoms with van der Waals surface area (Å²) < 4.78 is 1.68. The fourth-order valence-electron chi connectivity index (χ4n) is 4.79. The maximum atomic E-state index is 13.2. The number of likely N-dealkylation sites (tertiary alicyclic amines) is 1. The van der Waals surface area contributed by atoms with Gasteiger partial charge in [0.05, 0.1) is 0 Å². The number of carboxylic acid groups (broad SMARTS) is 1. The van der Waals surface area contributed by atoms with Crippen molar-refractivity contribution < 1.29 is 19.5 Å². The Hall–Kier alpha value is -2.68. The molecule has 0 spiro atoms. The van der Waals surface area contributed by atoms with Crippen LogP contribution in [0.4, 0.5) is 0 Å². The SMILES string of the molecule is CC(=O)N1C[C@H]2C[C@@H](C1)[C@H](C(=O)N[C@H]1CCCNC1)n1c2cccc1=O.CC(=O)O. The van der Waals surface area contributed by atoms with E-state index in [0.717, 1.165) is 45.0 Å². The van der Waals surface area contributed by atoms with E-state index in [0.29, 0.717) is 13.1 Å². The summed E-state index contributed by atoms with van der Waals surface area (Å²) in [7, 11) is 0. The molecule has 4 heterocycles. The minimum Gasteiger partial charge on any atom is -0.481 e. The molecular weight excluding hydrogens is 388 g/mol. The van der Waals surface area contributed by atoms with Crippen molar-refractivity contribution in [1.82, 2.24) is 20.1 Å². The number of carbonyl (C=O) groups is 3. The van der Waals surface area contributed by atoms with Crippen molar-refractivity contribution >= 4 is 17.8 Å². The van der Waals surface area contributed by atoms with Crippen molar-refractivity contribution in [3.05, 3.63) is 34.2 Å². The van der Waals surface area contributed by atoms with Crippen LogP contribution in [0.15, 0.2) is 23.0 Å². The average molecular weight is 418 g/mol. The number of pyridine rings is 1. The van der Waals surface area contributed by atoms with Gasteiger partial charge in [0.2, 0.25) is 11.8 Å². The highest BCUT2D eigenvalue weighted by Gasteiger charge is 2.44. The van der Waals surface area contributed by atoms with Gasteiger partial charge < -0.3 is 20.6 Å². The molecule has 4 rings (SSSR count). The molecule has 4 atom stereocenters. The number of rotatable bonds is 2. The Labute approximate surface area is 175 Å². The minimum atomic E-state index is -0.833. The molecule has 2 amide bonds. The molecule has 0 aromatic carbocycles. The van der Waals surface area contributed by atoms with Gasteiger partial charge in [0.1, 0.15) is 6.04 Å². The van der Waals surface area contributed by atoms with E-state index >= 15 is 0 Å². The van der Waals surface area contributed by atoms with Crippen molar-refractivity contribution in [2.24, 2.45) is 5.92 Å². The van der Waals surface area contributed by atoms with Crippen LogP contribution in [-0.2, 0) is 14.4 Å². The smallest absolute Gasteiger partial charge is 0.300 e. The summed E-state index contributed by atoms with van der Waals surface area (Å²) in [6.45, 7) is 5.56. The van der Waals surface area contributed by atoms with E-state index in [-0.39, 0.29) is 35.3 Å². The van der Waals surface area contributed by atoms with Crippen molar-refractivity contribution in [3.8, 4) is 0 Å². The second-order valence-corrected chi connectivity index (χ2v) is 8.29. The number of fused-ring (bicyclic) bond motifs is 4. The maximum Gasteiger partial charge on any atom is 0.300 e. The molecule has 0 radical (unpaired) electrons. The van der Waals surface area contributed by atoms with Crippen LogP contribution in [0.3, 0.4) is 0 Å². The summed E-state index contributed by atoms with van der Waals surface area (Å²) in [6.07, 6.45) is 2.83. The number of aromatic nitrogens is 1. The highest BCUT2D eigenvalue weighted by Crippen LogP contribution is 2.41. The molecule has 3 N–H and O–H groups in total. The van der Waals surface area contributed by atoms with Gasteiger partial charge in [0.15, 0.2) is 0 Å². The summed E-state index contributed by atoms with van der Waals surface area (Å²) in [5, 5.41) is 13.9. The largest absolute Gasteiger partial charge is 0.481 e. The second kappa shape index (κ2) is 9.42. The zero-order chi connectivity index (χ0) is 21.8. The Morgan fingerprint density at radius 2 is 1.93 bits per heavy atom. The molecule has 3 aliphatic heterocycles. The number of nitrogens with zero attached hydrogens (tertiary/aromatic N) is 2. The van der Waals surface area contributed by atoms with E-state index in [2.05, 4.69) is 10.6 Å². The van der Waals surface area contributed by atoms with Gasteiger partial charge in [-0.1, -0.05) is 6.07 Å². The van der Waals surface area contributed by atoms with E-state index in [1.165, 1.54) is 6.07 Å². The van der Waals surface area contributed by atoms with Gasteiger partial charge in [-0.15, -0.1) is 0 Å². The lowest BCUT2D eigenvalue weighted by molar-refractivity contribution is -0.136. The molecule has 3 aliphatic rings. The van der Waals surface area contributed by atoms with E-state index < -0.39 is 12.0 Å². The fourth-order valence-corrected chi connectivity index (χ4v) is 4.79. The molecule has 30 heavy (non-hydrogen) atoms. The van der Waals surface area contributed by atoms with Gasteiger partial charge >= 0.3 is 0 Å². The standard InChI is InChI=1S/C19H26N4O3.C2H4O2/c1-12(24)22-10-13-8-14(11-22)18(23-16(13)5-2-6-17(23)25)19(26)21-15-4-3-7-20-9-15;1-2(3)4/h2,5-6,13-15,18,20H,3-4,7-11H2,1H3,(H,21,26);1H3,(H,3,4)/t13-,14+,15+,18-;/m1./s1. The topological polar surface area (TPSA) is 121 Å². The molecule has 9 nitrogen and oxygen atoms in total. The molecule has 2 fully saturated rings. The number of amides is 2. The van der Waals surface area contributed by atoms with Gasteiger partial charge in [-0.25, -0.2) is 0 Å². The first-order valence-electron chi connectivity index (χ1n) is 10.5. The van der Waals surface area contributed by atoms with Crippen molar-refractivity contribution in [1.29, 1.82) is 0 Å². The molecule has 0 unspecified atom stereocenters. The molecule has 2 saturated heterocycles. The van der Waals surface area contributed by atoms with Gasteiger partial charge in [0, 0.05) is 63.1 Å². The third kappa shape index (κ3) is 4.89. The van der Waals surface area contributed by atoms with Crippen LogP contribution in [0.2, 0.25) is 0 Å². The average Bonchev–Trinajstić information content (AvgIpc) is 2.69. The van der Waals surface area contributed by atoms with E-state index in [9.17, 15) is 14.4 Å². The first-order valence-corrected chi connectivity index (χ1v) is 10.5. The summed E-state index contributed by atoms with van der Waals surface area (Å²) in [5.41, 5.74) is 0.747. The van der Waals surface area contributed by atoms with Crippen molar-refractivity contribution in [3.63, 3.8) is 0 Å². The lowest BCUT2D eigenvalue weighted by Crippen LogP contribution is -2.56. The number of carbonyl (C=O) groups excluding carboxylic acids is 2. The van der Waals surface area contributed by atoms with Crippen LogP contribution in [-0.4, -0.2) is 64.6 Å². The van der Waals surface area contributed by atoms with Gasteiger partial charge in [-0.3, -0.25) is 23.7 Å². The van der Waals surface area contributed by atoms with E-state index in [4.69, 9.17) is 9.90 Å². The number of aliphatic carboxylic acids is 1. The fraction of sp³-hybridized carbons (Fsp3) is 0.619. The number of nitrogens with one attached hydrogen (secondary N) is 2. The van der Waals surface area contributed by atoms with Gasteiger partial charge in [0.25, 0.3) is 11.5 Å². The zero-order valence-corrected chi connectivity index (χ0v) is 17.5. The van der Waals surface area contributed by atoms with Crippen LogP contribution in [0.5, 0.6) is 0 Å². The predicted molar refractivity (Wildman–Crippen MR) is 110 cm³/mol. The van der Waals surface area contributed by atoms with Crippen LogP contribution >= 0.6 is 0 Å². The Morgan fingerprint density at radius 1 is 1.20 bits per heavy atom. The molecule has 0 saturated carbocycles. The van der Waals surface area contributed by atoms with Crippen LogP contribution in [0.1, 0.15) is 50.8 Å². The first kappa shape index (κ1) is 22.0. The number of hydrogen-bond donors (Lipinski definition) is 3. The third-order valence-electron chi connectivity index (χ3n) is 6.00. The van der Waals surface area contributed by atoms with Gasteiger partial charge in [-0.2, -0.15) is 0 Å². The lowest BCUT2D eigenvalue weighted by Gasteiger charge is -2.46. The predicted octanol–water partition coefficient (Wildman–Crippen LogP) is 0.314. The Kier molecular flexibility index (Phi) is 6.91. The Morgan fingerprint density at radius 3 is 2.57 bits per heavy atom. The number of carboxylic acids is 1. The monoisotopic (exact) mass is 418 g/mol. The number of hydrogen-bond acceptors (Lipinski definition) is 5. The Bertz CT molecular complexity index is 857. The van der Waals surface area contributed by atoms with E-state index in [1.807, 2.05) is 11.0 Å². The maximum absolute atomic E-state index is 13.2. The lowest BCUT2D eigenvalue weighted by atomic mass is 9.78. The molecule has 1 aromatic rings. The van der Waals surface area contributed by atoms with Crippen LogP contribution in [0, 0.1) is 5.92 Å². The summed E-state index contributed by atoms with van der Waals surface area (Å²) in [6, 6.07) is 4.76. The first-order chi connectivity index (χ1) is 14.3. The van der Waals surface area contributed by atoms with E-state index in [1.54, 1.807) is 17.6 Å². The molecule has 1 aromatic heterocycles. The third-order valence-corrected chi connectivity index (χ3v) is 6.00. The normalized spacial score (nSPS) is 27.2. The number of piperidine rings is 2. The molecule has 2 bridgehead atoms.